The van der Waals surface area contributed by atoms with Crippen LogP contribution in [0.25, 0.3) is 5.69 Å². The summed E-state index contributed by atoms with van der Waals surface area (Å²) >= 11 is 0. The summed E-state index contributed by atoms with van der Waals surface area (Å²) < 4.78 is 2.27. The summed E-state index contributed by atoms with van der Waals surface area (Å²) in [4.78, 5) is 6.69. The number of para-hydroxylation sites is 1. The molecule has 24 heavy (non-hydrogen) atoms. The highest BCUT2D eigenvalue weighted by Gasteiger charge is 2.09. The van der Waals surface area contributed by atoms with Gasteiger partial charge in [-0.15, -0.1) is 0 Å². The van der Waals surface area contributed by atoms with Crippen LogP contribution in [0.3, 0.4) is 0 Å². The predicted octanol–water partition coefficient (Wildman–Crippen LogP) is 4.91. The van der Waals surface area contributed by atoms with Crippen LogP contribution in [0, 0.1) is 13.8 Å². The van der Waals surface area contributed by atoms with Gasteiger partial charge in [0.15, 0.2) is 0 Å². The lowest BCUT2D eigenvalue weighted by Gasteiger charge is -2.14. The number of hydrogen-bond acceptors (Lipinski definition) is 2. The van der Waals surface area contributed by atoms with E-state index in [1.165, 1.54) is 22.8 Å². The fraction of sp³-hybridized carbons (Fsp3) is 0.190. The Hall–Kier alpha value is -2.81. The maximum Gasteiger partial charge on any atom is 0.0629 e. The van der Waals surface area contributed by atoms with Crippen LogP contribution in [0.2, 0.25) is 0 Å². The lowest BCUT2D eigenvalue weighted by molar-refractivity contribution is 0.963. The molecule has 3 aromatic rings. The van der Waals surface area contributed by atoms with E-state index < -0.39 is 0 Å². The van der Waals surface area contributed by atoms with Gasteiger partial charge in [0.25, 0.3) is 0 Å². The molecule has 3 heteroatoms. The maximum atomic E-state index is 4.58. The fourth-order valence-electron chi connectivity index (χ4n) is 2.87. The smallest absolute Gasteiger partial charge is 0.0629 e. The maximum absolute atomic E-state index is 4.58. The standard InChI is InChI=1S/C21H23N3/c1-16-14-18(15-22-19-8-6-5-7-9-19)17(2)24(16)21-12-10-20(11-13-21)23(3)4/h5-15H,1-4H3. The van der Waals surface area contributed by atoms with Crippen LogP contribution in [-0.4, -0.2) is 24.9 Å². The Morgan fingerprint density at radius 1 is 0.917 bits per heavy atom. The Morgan fingerprint density at radius 2 is 1.58 bits per heavy atom. The van der Waals surface area contributed by atoms with E-state index in [0.29, 0.717) is 0 Å². The molecule has 0 unspecified atom stereocenters. The molecule has 0 saturated carbocycles. The highest BCUT2D eigenvalue weighted by Crippen LogP contribution is 2.22. The first-order valence-corrected chi connectivity index (χ1v) is 8.12. The molecule has 0 fully saturated rings. The zero-order valence-corrected chi connectivity index (χ0v) is 14.7. The summed E-state index contributed by atoms with van der Waals surface area (Å²) in [6.07, 6.45) is 1.95. The number of benzene rings is 2. The number of aliphatic imine (C=N–C) groups is 1. The van der Waals surface area contributed by atoms with Gasteiger partial charge in [-0.1, -0.05) is 18.2 Å². The van der Waals surface area contributed by atoms with E-state index in [9.17, 15) is 0 Å². The minimum Gasteiger partial charge on any atom is -0.378 e. The molecule has 0 amide bonds. The average molecular weight is 317 g/mol. The van der Waals surface area contributed by atoms with Crippen molar-refractivity contribution in [1.29, 1.82) is 0 Å². The van der Waals surface area contributed by atoms with Gasteiger partial charge in [0.05, 0.1) is 5.69 Å². The molecule has 0 atom stereocenters. The zero-order chi connectivity index (χ0) is 17.1. The van der Waals surface area contributed by atoms with Crippen LogP contribution < -0.4 is 4.90 Å². The Labute approximate surface area is 143 Å². The van der Waals surface area contributed by atoms with Crippen molar-refractivity contribution in [2.45, 2.75) is 13.8 Å². The van der Waals surface area contributed by atoms with Gasteiger partial charge < -0.3 is 9.47 Å². The van der Waals surface area contributed by atoms with Crippen molar-refractivity contribution in [3.05, 3.63) is 77.6 Å². The third-order valence-corrected chi connectivity index (χ3v) is 4.20. The summed E-state index contributed by atoms with van der Waals surface area (Å²) in [7, 11) is 4.11. The van der Waals surface area contributed by atoms with Crippen molar-refractivity contribution in [3.8, 4) is 5.69 Å². The van der Waals surface area contributed by atoms with Gasteiger partial charge in [-0.2, -0.15) is 0 Å². The molecule has 122 valence electrons. The van der Waals surface area contributed by atoms with Crippen molar-refractivity contribution in [3.63, 3.8) is 0 Å². The SMILES string of the molecule is Cc1cc(C=Nc2ccccc2)c(C)n1-c1ccc(N(C)C)cc1. The van der Waals surface area contributed by atoms with Crippen molar-refractivity contribution < 1.29 is 0 Å². The molecule has 3 nitrogen and oxygen atoms in total. The van der Waals surface area contributed by atoms with Gasteiger partial charge >= 0.3 is 0 Å². The van der Waals surface area contributed by atoms with Gasteiger partial charge in [0, 0.05) is 48.6 Å². The minimum absolute atomic E-state index is 0.970. The normalized spacial score (nSPS) is 11.2. The van der Waals surface area contributed by atoms with E-state index in [4.69, 9.17) is 0 Å². The lowest BCUT2D eigenvalue weighted by Crippen LogP contribution is -2.08. The minimum atomic E-state index is 0.970. The van der Waals surface area contributed by atoms with Crippen molar-refractivity contribution >= 4 is 17.6 Å². The molecule has 3 rings (SSSR count). The summed E-state index contributed by atoms with van der Waals surface area (Å²) in [6.45, 7) is 4.27. The van der Waals surface area contributed by atoms with Crippen molar-refractivity contribution in [2.24, 2.45) is 4.99 Å². The van der Waals surface area contributed by atoms with Crippen LogP contribution in [-0.2, 0) is 0 Å². The average Bonchev–Trinajstić information content (AvgIpc) is 2.88. The molecule has 0 radical (unpaired) electrons. The second kappa shape index (κ2) is 6.75. The molecule has 2 aromatic carbocycles. The lowest BCUT2D eigenvalue weighted by atomic mass is 10.2. The molecule has 1 heterocycles. The third kappa shape index (κ3) is 3.25. The zero-order valence-electron chi connectivity index (χ0n) is 14.7. The first-order valence-electron chi connectivity index (χ1n) is 8.12. The molecule has 0 aliphatic rings. The number of anilines is 1. The van der Waals surface area contributed by atoms with Gasteiger partial charge in [-0.05, 0) is 56.3 Å². The van der Waals surface area contributed by atoms with E-state index in [0.717, 1.165) is 11.3 Å². The molecule has 0 N–H and O–H groups in total. The van der Waals surface area contributed by atoms with E-state index in [2.05, 4.69) is 72.7 Å². The van der Waals surface area contributed by atoms with Gasteiger partial charge in [-0.3, -0.25) is 4.99 Å². The van der Waals surface area contributed by atoms with Crippen LogP contribution >= 0.6 is 0 Å². The monoisotopic (exact) mass is 317 g/mol. The molecule has 0 aliphatic heterocycles. The molecule has 0 bridgehead atoms. The number of hydrogen-bond donors (Lipinski definition) is 0. The molecule has 1 aromatic heterocycles. The Kier molecular flexibility index (Phi) is 4.52. The largest absolute Gasteiger partial charge is 0.378 e. The first kappa shape index (κ1) is 16.1. The van der Waals surface area contributed by atoms with Crippen LogP contribution in [0.5, 0.6) is 0 Å². The Bertz CT molecular complexity index is 841. The van der Waals surface area contributed by atoms with Gasteiger partial charge in [0.1, 0.15) is 0 Å². The third-order valence-electron chi connectivity index (χ3n) is 4.20. The fourth-order valence-corrected chi connectivity index (χ4v) is 2.87. The van der Waals surface area contributed by atoms with Crippen LogP contribution in [0.15, 0.2) is 65.7 Å². The van der Waals surface area contributed by atoms with Crippen molar-refractivity contribution in [2.75, 3.05) is 19.0 Å². The number of nitrogens with zero attached hydrogens (tertiary/aromatic N) is 3. The first-order chi connectivity index (χ1) is 11.6. The Balaban J connectivity index is 1.93. The molecule has 0 saturated heterocycles. The number of aromatic nitrogens is 1. The highest BCUT2D eigenvalue weighted by atomic mass is 15.1. The van der Waals surface area contributed by atoms with Crippen LogP contribution in [0.4, 0.5) is 11.4 Å². The molecule has 0 aliphatic carbocycles. The van der Waals surface area contributed by atoms with E-state index >= 15 is 0 Å². The van der Waals surface area contributed by atoms with Gasteiger partial charge in [0.2, 0.25) is 0 Å². The Morgan fingerprint density at radius 3 is 2.21 bits per heavy atom. The molecular weight excluding hydrogens is 294 g/mol. The summed E-state index contributed by atoms with van der Waals surface area (Å²) in [6, 6.07) is 20.8. The molecule has 0 spiro atoms. The van der Waals surface area contributed by atoms with Gasteiger partial charge in [-0.25, -0.2) is 0 Å². The highest BCUT2D eigenvalue weighted by molar-refractivity contribution is 5.84. The quantitative estimate of drug-likeness (QED) is 0.626. The van der Waals surface area contributed by atoms with Crippen LogP contribution in [0.1, 0.15) is 17.0 Å². The topological polar surface area (TPSA) is 20.5 Å². The summed E-state index contributed by atoms with van der Waals surface area (Å²) in [5.41, 5.74) is 6.90. The number of rotatable bonds is 4. The number of aryl methyl sites for hydroxylation is 1. The van der Waals surface area contributed by atoms with E-state index in [1.54, 1.807) is 0 Å². The summed E-state index contributed by atoms with van der Waals surface area (Å²) in [5, 5.41) is 0. The van der Waals surface area contributed by atoms with Crippen molar-refractivity contribution in [1.82, 2.24) is 4.57 Å². The molecular formula is C21H23N3. The predicted molar refractivity (Wildman–Crippen MR) is 103 cm³/mol. The van der Waals surface area contributed by atoms with E-state index in [1.807, 2.05) is 36.5 Å². The second-order valence-corrected chi connectivity index (χ2v) is 6.17. The van der Waals surface area contributed by atoms with E-state index in [-0.39, 0.29) is 0 Å². The second-order valence-electron chi connectivity index (χ2n) is 6.17. The summed E-state index contributed by atoms with van der Waals surface area (Å²) in [5.74, 6) is 0.